The Hall–Kier alpha value is -2.00. The summed E-state index contributed by atoms with van der Waals surface area (Å²) in [6.07, 6.45) is -4.32. The summed E-state index contributed by atoms with van der Waals surface area (Å²) in [5.41, 5.74) is 0.502. The van der Waals surface area contributed by atoms with Crippen molar-refractivity contribution in [2.24, 2.45) is 0 Å². The first-order chi connectivity index (χ1) is 12.7. The van der Waals surface area contributed by atoms with Crippen molar-refractivity contribution < 1.29 is 27.2 Å². The maximum absolute atomic E-state index is 13.9. The maximum atomic E-state index is 13.9. The van der Waals surface area contributed by atoms with Crippen molar-refractivity contribution in [3.8, 4) is 0 Å². The average molecular weight is 417 g/mol. The Balaban J connectivity index is 1.97. The van der Waals surface area contributed by atoms with Crippen LogP contribution < -0.4 is 5.32 Å². The van der Waals surface area contributed by atoms with Crippen LogP contribution in [0, 0.1) is 5.82 Å². The van der Waals surface area contributed by atoms with Crippen LogP contribution in [-0.2, 0) is 4.79 Å². The van der Waals surface area contributed by atoms with Gasteiger partial charge in [-0.3, -0.25) is 9.59 Å². The number of halogens is 4. The van der Waals surface area contributed by atoms with Crippen LogP contribution in [0.5, 0.6) is 0 Å². The van der Waals surface area contributed by atoms with Crippen molar-refractivity contribution in [3.63, 3.8) is 0 Å². The third kappa shape index (κ3) is 6.91. The number of nitrogens with one attached hydrogen (secondary N) is 1. The van der Waals surface area contributed by atoms with Crippen molar-refractivity contribution in [2.75, 3.05) is 16.8 Å². The van der Waals surface area contributed by atoms with Gasteiger partial charge >= 0.3 is 6.18 Å². The molecule has 2 rings (SSSR count). The number of carbonyl (C=O) groups excluding carboxylic acids is 2. The minimum atomic E-state index is -4.32. The van der Waals surface area contributed by atoms with E-state index in [1.54, 1.807) is 12.1 Å². The largest absolute Gasteiger partial charge is 0.398 e. The first kappa shape index (κ1) is 21.3. The average Bonchev–Trinajstić information content (AvgIpc) is 2.59. The van der Waals surface area contributed by atoms with Crippen LogP contribution in [0.1, 0.15) is 17.3 Å². The van der Waals surface area contributed by atoms with Crippen LogP contribution in [0.3, 0.4) is 0 Å². The number of Topliss-reactive ketones (excluding diaryl/α,β-unsaturated/α-hetero) is 1. The van der Waals surface area contributed by atoms with Gasteiger partial charge in [0.05, 0.1) is 17.2 Å². The number of rotatable bonds is 7. The fraction of sp³-hybridized carbons (Fsp3) is 0.222. The molecule has 0 radical (unpaired) electrons. The molecule has 2 aromatic carbocycles. The summed E-state index contributed by atoms with van der Waals surface area (Å²) in [6, 6.07) is 10.1. The number of hydrogen-bond donors (Lipinski definition) is 1. The van der Waals surface area contributed by atoms with Gasteiger partial charge in [0, 0.05) is 15.4 Å². The number of ketones is 1. The minimum absolute atomic E-state index is 0.130. The molecule has 9 heteroatoms. The smallest absolute Gasteiger partial charge is 0.324 e. The highest BCUT2D eigenvalue weighted by atomic mass is 32.2. The highest BCUT2D eigenvalue weighted by molar-refractivity contribution is 8.00. The van der Waals surface area contributed by atoms with E-state index in [-0.39, 0.29) is 27.7 Å². The fourth-order valence-electron chi connectivity index (χ4n) is 2.02. The predicted molar refractivity (Wildman–Crippen MR) is 99.0 cm³/mol. The lowest BCUT2D eigenvalue weighted by Gasteiger charge is -2.12. The normalized spacial score (nSPS) is 11.3. The second kappa shape index (κ2) is 9.27. The molecule has 1 N–H and O–H groups in total. The van der Waals surface area contributed by atoms with Gasteiger partial charge in [0.25, 0.3) is 0 Å². The van der Waals surface area contributed by atoms with Gasteiger partial charge in [-0.2, -0.15) is 13.2 Å². The third-order valence-electron chi connectivity index (χ3n) is 3.25. The zero-order valence-electron chi connectivity index (χ0n) is 14.1. The van der Waals surface area contributed by atoms with Crippen LogP contribution in [-0.4, -0.2) is 29.4 Å². The lowest BCUT2D eigenvalue weighted by Crippen LogP contribution is -2.15. The lowest BCUT2D eigenvalue weighted by atomic mass is 10.1. The molecule has 0 unspecified atom stereocenters. The van der Waals surface area contributed by atoms with E-state index in [0.717, 1.165) is 17.8 Å². The van der Waals surface area contributed by atoms with Gasteiger partial charge in [-0.25, -0.2) is 4.39 Å². The Morgan fingerprint density at radius 2 is 1.74 bits per heavy atom. The minimum Gasteiger partial charge on any atom is -0.324 e. The van der Waals surface area contributed by atoms with E-state index in [1.807, 2.05) is 0 Å². The van der Waals surface area contributed by atoms with E-state index in [4.69, 9.17) is 0 Å². The monoisotopic (exact) mass is 417 g/mol. The van der Waals surface area contributed by atoms with Crippen LogP contribution in [0.2, 0.25) is 0 Å². The molecule has 0 aliphatic heterocycles. The molecule has 0 aliphatic rings. The Bertz CT molecular complexity index is 840. The van der Waals surface area contributed by atoms with Gasteiger partial charge in [-0.05, 0) is 31.2 Å². The Morgan fingerprint density at radius 3 is 2.37 bits per heavy atom. The molecule has 27 heavy (non-hydrogen) atoms. The van der Waals surface area contributed by atoms with E-state index in [0.29, 0.717) is 16.7 Å². The lowest BCUT2D eigenvalue weighted by molar-refractivity contribution is -0.113. The van der Waals surface area contributed by atoms with Crippen molar-refractivity contribution in [2.45, 2.75) is 22.9 Å². The van der Waals surface area contributed by atoms with Gasteiger partial charge in [-0.15, -0.1) is 23.5 Å². The first-order valence-electron chi connectivity index (χ1n) is 7.67. The van der Waals surface area contributed by atoms with Gasteiger partial charge in [-0.1, -0.05) is 18.2 Å². The molecule has 0 fully saturated rings. The van der Waals surface area contributed by atoms with E-state index in [9.17, 15) is 27.2 Å². The van der Waals surface area contributed by atoms with Crippen LogP contribution in [0.15, 0.2) is 52.3 Å². The summed E-state index contributed by atoms with van der Waals surface area (Å²) in [6.45, 7) is 1.32. The summed E-state index contributed by atoms with van der Waals surface area (Å²) >= 11 is 1.51. The topological polar surface area (TPSA) is 46.2 Å². The van der Waals surface area contributed by atoms with E-state index < -0.39 is 23.7 Å². The third-order valence-corrected chi connectivity index (χ3v) is 5.44. The highest BCUT2D eigenvalue weighted by Crippen LogP contribution is 2.32. The summed E-state index contributed by atoms with van der Waals surface area (Å²) in [7, 11) is 0. The Labute approximate surface area is 161 Å². The predicted octanol–water partition coefficient (Wildman–Crippen LogP) is 5.41. The fourth-order valence-corrected chi connectivity index (χ4v) is 3.51. The molecule has 0 saturated carbocycles. The standard InChI is InChI=1S/C18H15F4NO2S2/c1-11(24)12-6-7-15(13(19)8-12)26-9-17(25)23-14-4-2-3-5-16(14)27-10-18(20,21)22/h2-8H,9-10H2,1H3,(H,23,25). The SMILES string of the molecule is CC(=O)c1ccc(SCC(=O)Nc2ccccc2SCC(F)(F)F)c(F)c1. The van der Waals surface area contributed by atoms with Crippen molar-refractivity contribution in [1.82, 2.24) is 0 Å². The molecule has 2 aromatic rings. The molecule has 0 atom stereocenters. The molecule has 0 aliphatic carbocycles. The molecule has 144 valence electrons. The van der Waals surface area contributed by atoms with E-state index in [1.165, 1.54) is 31.2 Å². The van der Waals surface area contributed by atoms with E-state index >= 15 is 0 Å². The van der Waals surface area contributed by atoms with Gasteiger partial charge in [0.2, 0.25) is 5.91 Å². The molecule has 0 bridgehead atoms. The van der Waals surface area contributed by atoms with Gasteiger partial charge in [0.1, 0.15) is 5.82 Å². The van der Waals surface area contributed by atoms with Crippen LogP contribution in [0.25, 0.3) is 0 Å². The number of benzene rings is 2. The number of carbonyl (C=O) groups is 2. The second-order valence-corrected chi connectivity index (χ2v) is 7.47. The molecular weight excluding hydrogens is 402 g/mol. The molecule has 3 nitrogen and oxygen atoms in total. The van der Waals surface area contributed by atoms with Crippen molar-refractivity contribution in [3.05, 3.63) is 53.8 Å². The second-order valence-electron chi connectivity index (χ2n) is 5.44. The Kier molecular flexibility index (Phi) is 7.32. The van der Waals surface area contributed by atoms with Crippen molar-refractivity contribution in [1.29, 1.82) is 0 Å². The highest BCUT2D eigenvalue weighted by Gasteiger charge is 2.27. The first-order valence-corrected chi connectivity index (χ1v) is 9.64. The molecule has 0 saturated heterocycles. The zero-order chi connectivity index (χ0) is 20.0. The molecule has 0 spiro atoms. The van der Waals surface area contributed by atoms with E-state index in [2.05, 4.69) is 5.32 Å². The molecule has 1 amide bonds. The number of amides is 1. The summed E-state index contributed by atoms with van der Waals surface area (Å²) in [5.74, 6) is -2.55. The quantitative estimate of drug-likeness (QED) is 0.372. The summed E-state index contributed by atoms with van der Waals surface area (Å²) in [5, 5.41) is 2.54. The Morgan fingerprint density at radius 1 is 1.04 bits per heavy atom. The summed E-state index contributed by atoms with van der Waals surface area (Å²) < 4.78 is 51.1. The van der Waals surface area contributed by atoms with Crippen LogP contribution in [0.4, 0.5) is 23.2 Å². The number of thioether (sulfide) groups is 2. The molecule has 0 aromatic heterocycles. The summed E-state index contributed by atoms with van der Waals surface area (Å²) in [4.78, 5) is 23.8. The van der Waals surface area contributed by atoms with Crippen molar-refractivity contribution >= 4 is 40.9 Å². The number of anilines is 1. The van der Waals surface area contributed by atoms with Gasteiger partial charge in [0.15, 0.2) is 5.78 Å². The zero-order valence-corrected chi connectivity index (χ0v) is 15.7. The number of hydrogen-bond acceptors (Lipinski definition) is 4. The maximum Gasteiger partial charge on any atom is 0.398 e. The number of para-hydroxylation sites is 1. The van der Waals surface area contributed by atoms with Gasteiger partial charge < -0.3 is 5.32 Å². The molecular formula is C18H15F4NO2S2. The van der Waals surface area contributed by atoms with Crippen LogP contribution >= 0.6 is 23.5 Å². The number of alkyl halides is 3. The molecule has 0 heterocycles.